The number of rotatable bonds is 2. The van der Waals surface area contributed by atoms with E-state index < -0.39 is 13.7 Å². The van der Waals surface area contributed by atoms with Crippen LogP contribution in [0, 0.1) is 0 Å². The predicted molar refractivity (Wildman–Crippen MR) is 71.8 cm³/mol. The molecule has 0 radical (unpaired) electrons. The van der Waals surface area contributed by atoms with Gasteiger partial charge >= 0.3 is 0 Å². The molecule has 1 fully saturated rings. The lowest BCUT2D eigenvalue weighted by Crippen LogP contribution is -2.51. The Morgan fingerprint density at radius 1 is 1.25 bits per heavy atom. The topological polar surface area (TPSA) is 20.2 Å². The second-order valence-corrected chi connectivity index (χ2v) is 10.5. The van der Waals surface area contributed by atoms with Crippen molar-refractivity contribution >= 4 is 13.3 Å². The average molecular weight is 234 g/mol. The highest BCUT2D eigenvalue weighted by Gasteiger charge is 2.48. The Hall–Kier alpha value is -0.603. The molecule has 1 N–H and O–H groups in total. The van der Waals surface area contributed by atoms with Crippen molar-refractivity contribution in [2.75, 3.05) is 0 Å². The SMILES string of the molecule is CC(C)(O)C1CCC[Si]1(C)c1ccccc1. The second kappa shape index (κ2) is 4.01. The summed E-state index contributed by atoms with van der Waals surface area (Å²) in [6.07, 6.45) is 2.48. The summed E-state index contributed by atoms with van der Waals surface area (Å²) in [7, 11) is -1.48. The standard InChI is InChI=1S/C14H22OSi/c1-14(2,15)13-10-7-11-16(13,3)12-8-5-4-6-9-12/h4-6,8-9,13,15H,7,10-11H2,1-3H3. The minimum Gasteiger partial charge on any atom is -0.390 e. The molecule has 1 heterocycles. The first-order chi connectivity index (χ1) is 7.44. The van der Waals surface area contributed by atoms with Crippen LogP contribution in [0.1, 0.15) is 26.7 Å². The third-order valence-corrected chi connectivity index (χ3v) is 9.82. The van der Waals surface area contributed by atoms with E-state index in [2.05, 4.69) is 36.9 Å². The van der Waals surface area contributed by atoms with Gasteiger partial charge in [0.2, 0.25) is 0 Å². The van der Waals surface area contributed by atoms with Gasteiger partial charge in [-0.25, -0.2) is 0 Å². The molecule has 1 aliphatic heterocycles. The van der Waals surface area contributed by atoms with Gasteiger partial charge in [-0.05, 0) is 19.4 Å². The van der Waals surface area contributed by atoms with Crippen LogP contribution in [0.4, 0.5) is 0 Å². The zero-order chi connectivity index (χ0) is 11.8. The van der Waals surface area contributed by atoms with Crippen LogP contribution in [0.15, 0.2) is 30.3 Å². The lowest BCUT2D eigenvalue weighted by Gasteiger charge is -2.38. The van der Waals surface area contributed by atoms with Gasteiger partial charge in [0.1, 0.15) is 0 Å². The lowest BCUT2D eigenvalue weighted by molar-refractivity contribution is 0.0696. The van der Waals surface area contributed by atoms with Crippen molar-refractivity contribution in [3.05, 3.63) is 30.3 Å². The fourth-order valence-corrected chi connectivity index (χ4v) is 8.80. The fraction of sp³-hybridized carbons (Fsp3) is 0.571. The van der Waals surface area contributed by atoms with Gasteiger partial charge in [0.05, 0.1) is 13.7 Å². The zero-order valence-corrected chi connectivity index (χ0v) is 11.5. The van der Waals surface area contributed by atoms with E-state index in [9.17, 15) is 5.11 Å². The molecule has 2 atom stereocenters. The van der Waals surface area contributed by atoms with Crippen molar-refractivity contribution in [1.82, 2.24) is 0 Å². The normalized spacial score (nSPS) is 30.6. The summed E-state index contributed by atoms with van der Waals surface area (Å²) in [4.78, 5) is 0. The van der Waals surface area contributed by atoms with Gasteiger partial charge in [-0.15, -0.1) is 0 Å². The second-order valence-electron chi connectivity index (χ2n) is 5.88. The van der Waals surface area contributed by atoms with Crippen molar-refractivity contribution in [2.24, 2.45) is 0 Å². The molecule has 1 aliphatic rings. The van der Waals surface area contributed by atoms with Gasteiger partial charge < -0.3 is 5.11 Å². The highest BCUT2D eigenvalue weighted by molar-refractivity contribution is 6.92. The Morgan fingerprint density at radius 2 is 1.88 bits per heavy atom. The minimum absolute atomic E-state index is 0.502. The highest BCUT2D eigenvalue weighted by Crippen LogP contribution is 2.45. The summed E-state index contributed by atoms with van der Waals surface area (Å²) < 4.78 is 0. The summed E-state index contributed by atoms with van der Waals surface area (Å²) in [5.74, 6) is 0. The number of aliphatic hydroxyl groups is 1. The summed E-state index contributed by atoms with van der Waals surface area (Å²) in [6, 6.07) is 12.2. The van der Waals surface area contributed by atoms with Crippen molar-refractivity contribution in [3.8, 4) is 0 Å². The van der Waals surface area contributed by atoms with Crippen LogP contribution >= 0.6 is 0 Å². The highest BCUT2D eigenvalue weighted by atomic mass is 28.3. The van der Waals surface area contributed by atoms with Gasteiger partial charge in [-0.1, -0.05) is 61.0 Å². The number of benzene rings is 1. The molecule has 0 amide bonds. The third-order valence-electron chi connectivity index (χ3n) is 4.24. The Bertz CT molecular complexity index is 355. The molecule has 0 bridgehead atoms. The van der Waals surface area contributed by atoms with Crippen LogP contribution in [-0.4, -0.2) is 18.8 Å². The van der Waals surface area contributed by atoms with Gasteiger partial charge in [0, 0.05) is 0 Å². The molecule has 2 heteroatoms. The van der Waals surface area contributed by atoms with Crippen LogP contribution in [-0.2, 0) is 0 Å². The fourth-order valence-electron chi connectivity index (χ4n) is 3.46. The maximum Gasteiger partial charge on any atom is 0.0895 e. The van der Waals surface area contributed by atoms with Crippen LogP contribution in [0.5, 0.6) is 0 Å². The molecule has 0 aromatic heterocycles. The van der Waals surface area contributed by atoms with E-state index in [0.717, 1.165) is 0 Å². The lowest BCUT2D eigenvalue weighted by atomic mass is 10.0. The summed E-state index contributed by atoms with van der Waals surface area (Å²) in [6.45, 7) is 6.41. The van der Waals surface area contributed by atoms with Crippen molar-refractivity contribution in [3.63, 3.8) is 0 Å². The monoisotopic (exact) mass is 234 g/mol. The van der Waals surface area contributed by atoms with Crippen molar-refractivity contribution in [1.29, 1.82) is 0 Å². The van der Waals surface area contributed by atoms with Gasteiger partial charge in [-0.3, -0.25) is 0 Å². The Morgan fingerprint density at radius 3 is 2.44 bits per heavy atom. The molecule has 0 saturated carbocycles. The van der Waals surface area contributed by atoms with E-state index in [1.54, 1.807) is 0 Å². The third kappa shape index (κ3) is 1.96. The number of hydrogen-bond acceptors (Lipinski definition) is 1. The van der Waals surface area contributed by atoms with E-state index >= 15 is 0 Å². The Labute approximate surface area is 99.5 Å². The van der Waals surface area contributed by atoms with Crippen molar-refractivity contribution < 1.29 is 5.11 Å². The van der Waals surface area contributed by atoms with Crippen LogP contribution in [0.25, 0.3) is 0 Å². The quantitative estimate of drug-likeness (QED) is 0.780. The van der Waals surface area contributed by atoms with Crippen LogP contribution in [0.2, 0.25) is 18.1 Å². The molecule has 1 aromatic carbocycles. The maximum absolute atomic E-state index is 10.3. The van der Waals surface area contributed by atoms with Crippen LogP contribution < -0.4 is 5.19 Å². The maximum atomic E-state index is 10.3. The molecule has 1 nitrogen and oxygen atoms in total. The van der Waals surface area contributed by atoms with E-state index in [-0.39, 0.29) is 0 Å². The van der Waals surface area contributed by atoms with E-state index in [4.69, 9.17) is 0 Å². The molecule has 2 rings (SSSR count). The molecule has 16 heavy (non-hydrogen) atoms. The van der Waals surface area contributed by atoms with Gasteiger partial charge in [-0.2, -0.15) is 0 Å². The first-order valence-electron chi connectivity index (χ1n) is 6.22. The Kier molecular flexibility index (Phi) is 2.97. The molecule has 0 aliphatic carbocycles. The summed E-state index contributed by atoms with van der Waals surface area (Å²) >= 11 is 0. The molecule has 1 aromatic rings. The average Bonchev–Trinajstić information content (AvgIpc) is 2.63. The van der Waals surface area contributed by atoms with E-state index in [1.807, 2.05) is 13.8 Å². The summed E-state index contributed by atoms with van der Waals surface area (Å²) in [5, 5.41) is 11.9. The number of hydrogen-bond donors (Lipinski definition) is 1. The molecule has 1 saturated heterocycles. The molecular weight excluding hydrogens is 212 g/mol. The largest absolute Gasteiger partial charge is 0.390 e. The van der Waals surface area contributed by atoms with E-state index in [1.165, 1.54) is 24.1 Å². The summed E-state index contributed by atoms with van der Waals surface area (Å²) in [5.41, 5.74) is -0.0183. The molecule has 2 unspecified atom stereocenters. The van der Waals surface area contributed by atoms with Crippen LogP contribution in [0.3, 0.4) is 0 Å². The minimum atomic E-state index is -1.48. The molecule has 88 valence electrons. The predicted octanol–water partition coefficient (Wildman–Crippen LogP) is 2.91. The first-order valence-corrected chi connectivity index (χ1v) is 9.01. The zero-order valence-electron chi connectivity index (χ0n) is 10.5. The first kappa shape index (κ1) is 11.9. The van der Waals surface area contributed by atoms with Crippen molar-refractivity contribution in [2.45, 2.75) is 50.4 Å². The molecule has 0 spiro atoms. The smallest absolute Gasteiger partial charge is 0.0895 e. The van der Waals surface area contributed by atoms with E-state index in [0.29, 0.717) is 5.54 Å². The Balaban J connectivity index is 2.37. The van der Waals surface area contributed by atoms with Gasteiger partial charge in [0.15, 0.2) is 0 Å². The van der Waals surface area contributed by atoms with Gasteiger partial charge in [0.25, 0.3) is 0 Å². The molecular formula is C14H22OSi.